The molecule has 5 nitrogen and oxygen atoms in total. The van der Waals surface area contributed by atoms with E-state index in [4.69, 9.17) is 4.74 Å². The van der Waals surface area contributed by atoms with Crippen molar-refractivity contribution < 1.29 is 9.53 Å². The van der Waals surface area contributed by atoms with Crippen molar-refractivity contribution in [2.45, 2.75) is 57.7 Å². The Kier molecular flexibility index (Phi) is 7.32. The van der Waals surface area contributed by atoms with E-state index in [1.165, 1.54) is 5.56 Å². The van der Waals surface area contributed by atoms with Gasteiger partial charge in [-0.2, -0.15) is 0 Å². The van der Waals surface area contributed by atoms with Crippen molar-refractivity contribution in [1.29, 1.82) is 0 Å². The lowest BCUT2D eigenvalue weighted by atomic mass is 10.0. The molecule has 0 bridgehead atoms. The van der Waals surface area contributed by atoms with Gasteiger partial charge in [-0.25, -0.2) is 4.79 Å². The van der Waals surface area contributed by atoms with Crippen LogP contribution in [-0.2, 0) is 11.3 Å². The second kappa shape index (κ2) is 9.93. The van der Waals surface area contributed by atoms with Crippen molar-refractivity contribution >= 4 is 6.03 Å². The van der Waals surface area contributed by atoms with Gasteiger partial charge in [0.15, 0.2) is 0 Å². The molecule has 2 saturated heterocycles. The number of carbonyl (C=O) groups excluding carboxylic acids is 1. The summed E-state index contributed by atoms with van der Waals surface area (Å²) < 4.78 is 5.63. The first-order chi connectivity index (χ1) is 12.8. The summed E-state index contributed by atoms with van der Waals surface area (Å²) in [4.78, 5) is 17.3. The topological polar surface area (TPSA) is 44.8 Å². The number of carbonyl (C=O) groups is 1. The number of rotatable bonds is 7. The molecular formula is C21H33N3O2. The third-order valence-electron chi connectivity index (χ3n) is 5.40. The van der Waals surface area contributed by atoms with E-state index in [-0.39, 0.29) is 12.1 Å². The van der Waals surface area contributed by atoms with Gasteiger partial charge in [-0.05, 0) is 44.2 Å². The number of amides is 2. The van der Waals surface area contributed by atoms with E-state index in [9.17, 15) is 4.79 Å². The minimum absolute atomic E-state index is 0.0777. The molecule has 1 N–H and O–H groups in total. The average Bonchev–Trinajstić information content (AvgIpc) is 3.19. The Morgan fingerprint density at radius 2 is 2.12 bits per heavy atom. The third kappa shape index (κ3) is 5.45. The standard InChI is InChI=1S/C21H33N3O2/c1-2-12-24(21(25)22-15-20-11-7-14-26-20)19-10-6-13-23(17-19)16-18-8-4-3-5-9-18/h3-5,8-9,19-20H,2,6-7,10-17H2,1H3,(H,22,25). The van der Waals surface area contributed by atoms with Crippen molar-refractivity contribution in [2.75, 3.05) is 32.8 Å². The van der Waals surface area contributed by atoms with Gasteiger partial charge in [0.2, 0.25) is 0 Å². The summed E-state index contributed by atoms with van der Waals surface area (Å²) >= 11 is 0. The number of hydrogen-bond donors (Lipinski definition) is 1. The van der Waals surface area contributed by atoms with Crippen LogP contribution in [0.4, 0.5) is 4.79 Å². The number of likely N-dealkylation sites (tertiary alicyclic amines) is 1. The summed E-state index contributed by atoms with van der Waals surface area (Å²) in [6.07, 6.45) is 5.60. The lowest BCUT2D eigenvalue weighted by Crippen LogP contribution is -2.53. The van der Waals surface area contributed by atoms with Crippen molar-refractivity contribution in [3.63, 3.8) is 0 Å². The van der Waals surface area contributed by atoms with E-state index in [1.54, 1.807) is 0 Å². The number of nitrogens with zero attached hydrogens (tertiary/aromatic N) is 2. The molecule has 0 aliphatic carbocycles. The molecule has 5 heteroatoms. The molecule has 2 aliphatic rings. The highest BCUT2D eigenvalue weighted by molar-refractivity contribution is 5.74. The molecule has 144 valence electrons. The van der Waals surface area contributed by atoms with Crippen molar-refractivity contribution in [3.05, 3.63) is 35.9 Å². The summed E-state index contributed by atoms with van der Waals surface area (Å²) in [5.41, 5.74) is 1.35. The molecule has 0 radical (unpaired) electrons. The maximum Gasteiger partial charge on any atom is 0.317 e. The zero-order chi connectivity index (χ0) is 18.2. The van der Waals surface area contributed by atoms with Crippen LogP contribution < -0.4 is 5.32 Å². The second-order valence-corrected chi connectivity index (χ2v) is 7.53. The van der Waals surface area contributed by atoms with Crippen LogP contribution in [0.15, 0.2) is 30.3 Å². The zero-order valence-electron chi connectivity index (χ0n) is 16.0. The molecule has 3 rings (SSSR count). The molecule has 2 unspecified atom stereocenters. The van der Waals surface area contributed by atoms with Gasteiger partial charge in [-0.15, -0.1) is 0 Å². The van der Waals surface area contributed by atoms with Crippen LogP contribution in [0.2, 0.25) is 0 Å². The maximum atomic E-state index is 12.8. The molecule has 2 fully saturated rings. The number of ether oxygens (including phenoxy) is 1. The fraction of sp³-hybridized carbons (Fsp3) is 0.667. The highest BCUT2D eigenvalue weighted by Crippen LogP contribution is 2.19. The first-order valence-electron chi connectivity index (χ1n) is 10.2. The molecule has 2 atom stereocenters. The highest BCUT2D eigenvalue weighted by atomic mass is 16.5. The molecule has 0 spiro atoms. The van der Waals surface area contributed by atoms with E-state index in [0.717, 1.165) is 64.9 Å². The Morgan fingerprint density at radius 1 is 1.27 bits per heavy atom. The first kappa shape index (κ1) is 19.2. The normalized spacial score (nSPS) is 23.7. The predicted octanol–water partition coefficient (Wildman–Crippen LogP) is 3.25. The summed E-state index contributed by atoms with van der Waals surface area (Å²) in [5, 5.41) is 3.11. The van der Waals surface area contributed by atoms with E-state index >= 15 is 0 Å². The van der Waals surface area contributed by atoms with Gasteiger partial charge in [0.05, 0.1) is 6.10 Å². The fourth-order valence-corrected chi connectivity index (χ4v) is 4.07. The molecule has 0 aromatic heterocycles. The van der Waals surface area contributed by atoms with Crippen molar-refractivity contribution in [2.24, 2.45) is 0 Å². The Hall–Kier alpha value is -1.59. The van der Waals surface area contributed by atoms with Gasteiger partial charge in [0.25, 0.3) is 0 Å². The summed E-state index contributed by atoms with van der Waals surface area (Å²) in [7, 11) is 0. The molecule has 2 heterocycles. The minimum atomic E-state index is 0.0777. The van der Waals surface area contributed by atoms with Crippen LogP contribution in [0.25, 0.3) is 0 Å². The van der Waals surface area contributed by atoms with Gasteiger partial charge in [0, 0.05) is 38.8 Å². The van der Waals surface area contributed by atoms with E-state index in [2.05, 4.69) is 52.4 Å². The third-order valence-corrected chi connectivity index (χ3v) is 5.40. The lowest BCUT2D eigenvalue weighted by Gasteiger charge is -2.39. The lowest BCUT2D eigenvalue weighted by molar-refractivity contribution is 0.0943. The van der Waals surface area contributed by atoms with Crippen LogP contribution >= 0.6 is 0 Å². The van der Waals surface area contributed by atoms with E-state index in [0.29, 0.717) is 12.6 Å². The summed E-state index contributed by atoms with van der Waals surface area (Å²) in [6, 6.07) is 11.0. The van der Waals surface area contributed by atoms with Gasteiger partial charge >= 0.3 is 6.03 Å². The SMILES string of the molecule is CCCN(C(=O)NCC1CCCO1)C1CCCN(Cc2ccccc2)C1. The molecule has 1 aromatic rings. The molecule has 0 saturated carbocycles. The Morgan fingerprint density at radius 3 is 2.85 bits per heavy atom. The van der Waals surface area contributed by atoms with E-state index < -0.39 is 0 Å². The van der Waals surface area contributed by atoms with Crippen molar-refractivity contribution in [1.82, 2.24) is 15.1 Å². The van der Waals surface area contributed by atoms with Crippen LogP contribution in [0, 0.1) is 0 Å². The van der Waals surface area contributed by atoms with Gasteiger partial charge in [-0.1, -0.05) is 37.3 Å². The zero-order valence-corrected chi connectivity index (χ0v) is 16.0. The fourth-order valence-electron chi connectivity index (χ4n) is 4.07. The molecule has 2 amide bonds. The monoisotopic (exact) mass is 359 g/mol. The van der Waals surface area contributed by atoms with Gasteiger partial charge < -0.3 is 15.0 Å². The Bertz CT molecular complexity index is 545. The van der Waals surface area contributed by atoms with Crippen LogP contribution in [0.3, 0.4) is 0 Å². The first-order valence-corrected chi connectivity index (χ1v) is 10.2. The second-order valence-electron chi connectivity index (χ2n) is 7.53. The van der Waals surface area contributed by atoms with Gasteiger partial charge in [-0.3, -0.25) is 4.90 Å². The molecule has 1 aromatic carbocycles. The maximum absolute atomic E-state index is 12.8. The van der Waals surface area contributed by atoms with Crippen LogP contribution in [0.1, 0.15) is 44.6 Å². The Labute approximate surface area is 157 Å². The quantitative estimate of drug-likeness (QED) is 0.813. The van der Waals surface area contributed by atoms with Crippen LogP contribution in [-0.4, -0.2) is 60.8 Å². The minimum Gasteiger partial charge on any atom is -0.376 e. The highest BCUT2D eigenvalue weighted by Gasteiger charge is 2.28. The number of nitrogens with one attached hydrogen (secondary N) is 1. The summed E-state index contributed by atoms with van der Waals surface area (Å²) in [5.74, 6) is 0. The number of urea groups is 1. The molecule has 2 aliphatic heterocycles. The van der Waals surface area contributed by atoms with Gasteiger partial charge in [0.1, 0.15) is 0 Å². The number of hydrogen-bond acceptors (Lipinski definition) is 3. The molecular weight excluding hydrogens is 326 g/mol. The average molecular weight is 360 g/mol. The smallest absolute Gasteiger partial charge is 0.317 e. The number of benzene rings is 1. The largest absolute Gasteiger partial charge is 0.376 e. The predicted molar refractivity (Wildman–Crippen MR) is 104 cm³/mol. The summed E-state index contributed by atoms with van der Waals surface area (Å²) in [6.45, 7) is 7.47. The van der Waals surface area contributed by atoms with E-state index in [1.807, 2.05) is 0 Å². The van der Waals surface area contributed by atoms with Crippen molar-refractivity contribution in [3.8, 4) is 0 Å². The number of piperidine rings is 1. The Balaban J connectivity index is 1.54. The van der Waals surface area contributed by atoms with Crippen LogP contribution in [0.5, 0.6) is 0 Å². The molecule has 26 heavy (non-hydrogen) atoms.